The van der Waals surface area contributed by atoms with Gasteiger partial charge in [0.2, 0.25) is 0 Å². The second kappa shape index (κ2) is 8.06. The number of rotatable bonds is 6. The monoisotopic (exact) mass is 373 g/mol. The highest BCUT2D eigenvalue weighted by Crippen LogP contribution is 2.36. The number of benzene rings is 2. The second-order valence-corrected chi connectivity index (χ2v) is 7.09. The molecule has 0 radical (unpaired) electrons. The van der Waals surface area contributed by atoms with Crippen molar-refractivity contribution in [1.29, 1.82) is 0 Å². The molecule has 0 spiro atoms. The van der Waals surface area contributed by atoms with E-state index in [1.807, 2.05) is 35.2 Å². The number of aliphatic hydroxyl groups excluding tert-OH is 1. The molecule has 1 aliphatic rings. The molecular formula is C21H24FNO4. The van der Waals surface area contributed by atoms with Crippen molar-refractivity contribution >= 4 is 5.97 Å². The zero-order valence-corrected chi connectivity index (χ0v) is 15.3. The molecule has 2 aromatic rings. The van der Waals surface area contributed by atoms with E-state index in [1.54, 1.807) is 6.07 Å². The molecule has 1 saturated heterocycles. The maximum atomic E-state index is 13.4. The molecule has 0 amide bonds. The van der Waals surface area contributed by atoms with Gasteiger partial charge in [-0.3, -0.25) is 9.69 Å². The number of carboxylic acid groups (broad SMARTS) is 1. The van der Waals surface area contributed by atoms with Crippen molar-refractivity contribution in [1.82, 2.24) is 4.90 Å². The summed E-state index contributed by atoms with van der Waals surface area (Å²) >= 11 is 0. The average molecular weight is 373 g/mol. The molecule has 0 bridgehead atoms. The molecule has 1 aliphatic heterocycles. The van der Waals surface area contributed by atoms with Crippen LogP contribution in [0.15, 0.2) is 48.5 Å². The van der Waals surface area contributed by atoms with Gasteiger partial charge in [0.05, 0.1) is 13.2 Å². The van der Waals surface area contributed by atoms with Crippen LogP contribution in [0, 0.1) is 11.2 Å². The van der Waals surface area contributed by atoms with Crippen molar-refractivity contribution < 1.29 is 24.1 Å². The zero-order valence-electron chi connectivity index (χ0n) is 15.3. The van der Waals surface area contributed by atoms with E-state index in [0.29, 0.717) is 25.3 Å². The fraction of sp³-hybridized carbons (Fsp3) is 0.381. The summed E-state index contributed by atoms with van der Waals surface area (Å²) in [5, 5.41) is 20.6. The van der Waals surface area contributed by atoms with E-state index in [1.165, 1.54) is 19.2 Å². The van der Waals surface area contributed by atoms with Crippen molar-refractivity contribution in [3.63, 3.8) is 0 Å². The highest BCUT2D eigenvalue weighted by molar-refractivity contribution is 5.76. The van der Waals surface area contributed by atoms with E-state index in [9.17, 15) is 19.4 Å². The number of aliphatic carboxylic acids is 1. The third kappa shape index (κ3) is 4.12. The number of halogens is 1. The van der Waals surface area contributed by atoms with E-state index >= 15 is 0 Å². The maximum absolute atomic E-state index is 13.4. The van der Waals surface area contributed by atoms with Gasteiger partial charge in [0, 0.05) is 31.3 Å². The van der Waals surface area contributed by atoms with Crippen LogP contribution in [0.1, 0.15) is 17.5 Å². The Morgan fingerprint density at radius 3 is 2.70 bits per heavy atom. The molecule has 2 N–H and O–H groups in total. The molecule has 0 aromatic heterocycles. The Kier molecular flexibility index (Phi) is 5.77. The molecule has 2 aromatic carbocycles. The first-order valence-corrected chi connectivity index (χ1v) is 8.95. The number of aliphatic hydroxyl groups is 1. The third-order valence-electron chi connectivity index (χ3n) is 5.29. The van der Waals surface area contributed by atoms with Crippen molar-refractivity contribution in [3.8, 4) is 5.75 Å². The lowest BCUT2D eigenvalue weighted by Gasteiger charge is -2.43. The summed E-state index contributed by atoms with van der Waals surface area (Å²) in [6, 6.07) is 13.7. The van der Waals surface area contributed by atoms with Crippen LogP contribution in [0.5, 0.6) is 5.75 Å². The Labute approximate surface area is 158 Å². The van der Waals surface area contributed by atoms with Crippen molar-refractivity contribution in [2.45, 2.75) is 25.5 Å². The topological polar surface area (TPSA) is 70.0 Å². The first kappa shape index (κ1) is 19.3. The van der Waals surface area contributed by atoms with Gasteiger partial charge in [0.1, 0.15) is 17.0 Å². The average Bonchev–Trinajstić information content (AvgIpc) is 2.66. The van der Waals surface area contributed by atoms with Crippen molar-refractivity contribution in [3.05, 3.63) is 65.5 Å². The summed E-state index contributed by atoms with van der Waals surface area (Å²) in [5.74, 6) is -0.951. The molecule has 3 rings (SSSR count). The summed E-state index contributed by atoms with van der Waals surface area (Å²) in [7, 11) is 1.48. The zero-order chi connectivity index (χ0) is 19.4. The third-order valence-corrected chi connectivity index (χ3v) is 5.29. The molecule has 0 aliphatic carbocycles. The van der Waals surface area contributed by atoms with Crippen molar-refractivity contribution in [2.24, 2.45) is 5.41 Å². The van der Waals surface area contributed by atoms with Gasteiger partial charge >= 0.3 is 5.97 Å². The number of piperidine rings is 1. The molecule has 1 heterocycles. The van der Waals surface area contributed by atoms with E-state index in [4.69, 9.17) is 4.74 Å². The van der Waals surface area contributed by atoms with Gasteiger partial charge in [0.15, 0.2) is 0 Å². The van der Waals surface area contributed by atoms with Gasteiger partial charge in [-0.15, -0.1) is 0 Å². The van der Waals surface area contributed by atoms with Crippen LogP contribution >= 0.6 is 0 Å². The fourth-order valence-electron chi connectivity index (χ4n) is 3.81. The summed E-state index contributed by atoms with van der Waals surface area (Å²) in [5.41, 5.74) is 0.377. The predicted molar refractivity (Wildman–Crippen MR) is 99.1 cm³/mol. The lowest BCUT2D eigenvalue weighted by Crippen LogP contribution is -2.56. The van der Waals surface area contributed by atoms with E-state index in [-0.39, 0.29) is 18.8 Å². The fourth-order valence-corrected chi connectivity index (χ4v) is 3.81. The largest absolute Gasteiger partial charge is 0.496 e. The highest BCUT2D eigenvalue weighted by Gasteiger charge is 2.49. The first-order valence-electron chi connectivity index (χ1n) is 8.95. The molecule has 6 heteroatoms. The summed E-state index contributed by atoms with van der Waals surface area (Å²) in [6.07, 6.45) is -0.314. The molecule has 0 unspecified atom stereocenters. The quantitative estimate of drug-likeness (QED) is 0.815. The van der Waals surface area contributed by atoms with Crippen LogP contribution in [-0.2, 0) is 17.8 Å². The number of ether oxygens (including phenoxy) is 1. The van der Waals surface area contributed by atoms with E-state index in [0.717, 1.165) is 11.1 Å². The lowest BCUT2D eigenvalue weighted by atomic mass is 9.72. The summed E-state index contributed by atoms with van der Waals surface area (Å²) in [4.78, 5) is 14.2. The van der Waals surface area contributed by atoms with Crippen LogP contribution < -0.4 is 4.74 Å². The van der Waals surface area contributed by atoms with E-state index < -0.39 is 17.5 Å². The lowest BCUT2D eigenvalue weighted by molar-refractivity contribution is -0.163. The summed E-state index contributed by atoms with van der Waals surface area (Å²) in [6.45, 7) is 1.20. The molecule has 5 nitrogen and oxygen atoms in total. The highest BCUT2D eigenvalue weighted by atomic mass is 19.1. The van der Waals surface area contributed by atoms with Crippen LogP contribution in [0.2, 0.25) is 0 Å². The van der Waals surface area contributed by atoms with E-state index in [2.05, 4.69) is 0 Å². The molecule has 1 fully saturated rings. The molecular weight excluding hydrogens is 349 g/mol. The normalized spacial score (nSPS) is 23.1. The van der Waals surface area contributed by atoms with Crippen LogP contribution in [0.4, 0.5) is 4.39 Å². The molecule has 144 valence electrons. The Morgan fingerprint density at radius 2 is 2.04 bits per heavy atom. The minimum atomic E-state index is -1.28. The first-order chi connectivity index (χ1) is 12.9. The molecule has 0 saturated carbocycles. The smallest absolute Gasteiger partial charge is 0.313 e. The standard InChI is InChI=1S/C21H24FNO4/c1-27-18-11-17(22)8-7-16(18)13-23-10-9-19(24)21(14-23,20(25)26)12-15-5-3-2-4-6-15/h2-8,11,19,24H,9-10,12-14H2,1H3,(H,25,26)/t19-,21-/m0/s1. The Morgan fingerprint density at radius 1 is 1.30 bits per heavy atom. The van der Waals surface area contributed by atoms with Gasteiger partial charge in [-0.1, -0.05) is 36.4 Å². The Hall–Kier alpha value is -2.44. The van der Waals surface area contributed by atoms with Gasteiger partial charge in [-0.25, -0.2) is 4.39 Å². The number of carboxylic acids is 1. The second-order valence-electron chi connectivity index (χ2n) is 7.09. The minimum absolute atomic E-state index is 0.207. The molecule has 27 heavy (non-hydrogen) atoms. The number of methoxy groups -OCH3 is 1. The summed E-state index contributed by atoms with van der Waals surface area (Å²) < 4.78 is 18.7. The Bertz CT molecular complexity index is 798. The van der Waals surface area contributed by atoms with Gasteiger partial charge < -0.3 is 14.9 Å². The molecule has 2 atom stereocenters. The van der Waals surface area contributed by atoms with Crippen LogP contribution in [0.25, 0.3) is 0 Å². The maximum Gasteiger partial charge on any atom is 0.313 e. The number of likely N-dealkylation sites (tertiary alicyclic amines) is 1. The van der Waals surface area contributed by atoms with Gasteiger partial charge in [0.25, 0.3) is 0 Å². The number of hydrogen-bond donors (Lipinski definition) is 2. The number of nitrogens with zero attached hydrogens (tertiary/aromatic N) is 1. The van der Waals surface area contributed by atoms with Gasteiger partial charge in [-0.05, 0) is 24.5 Å². The Balaban J connectivity index is 1.84. The van der Waals surface area contributed by atoms with Crippen LogP contribution in [-0.4, -0.2) is 47.4 Å². The van der Waals surface area contributed by atoms with Crippen LogP contribution in [0.3, 0.4) is 0 Å². The predicted octanol–water partition coefficient (Wildman–Crippen LogP) is 2.71. The SMILES string of the molecule is COc1cc(F)ccc1CN1CC[C@H](O)[C@@](Cc2ccccc2)(C(=O)O)C1. The number of carbonyl (C=O) groups is 1. The van der Waals surface area contributed by atoms with Crippen molar-refractivity contribution in [2.75, 3.05) is 20.2 Å². The number of hydrogen-bond acceptors (Lipinski definition) is 4. The minimum Gasteiger partial charge on any atom is -0.496 e. The van der Waals surface area contributed by atoms with Gasteiger partial charge in [-0.2, -0.15) is 0 Å².